The van der Waals surface area contributed by atoms with E-state index in [2.05, 4.69) is 27.7 Å². The third-order valence-electron chi connectivity index (χ3n) is 1.94. The van der Waals surface area contributed by atoms with Crippen LogP contribution in [0.4, 0.5) is 0 Å². The van der Waals surface area contributed by atoms with Crippen LogP contribution in [-0.4, -0.2) is 10.1 Å². The van der Waals surface area contributed by atoms with Gasteiger partial charge in [-0.2, -0.15) is 4.98 Å². The largest absolute Gasteiger partial charge is 0.333 e. The van der Waals surface area contributed by atoms with E-state index in [0.717, 1.165) is 4.88 Å². The molecule has 0 fully saturated rings. The number of nitrogens with zero attached hydrogens (tertiary/aromatic N) is 2. The SMILES string of the molecule is ClCc1noc(-c2cc3sccc3s2)n1. The summed E-state index contributed by atoms with van der Waals surface area (Å²) in [4.78, 5) is 5.18. The zero-order chi connectivity index (χ0) is 10.3. The molecule has 0 spiro atoms. The predicted molar refractivity (Wildman–Crippen MR) is 62.6 cm³/mol. The fraction of sp³-hybridized carbons (Fsp3) is 0.111. The molecule has 3 heterocycles. The van der Waals surface area contributed by atoms with Crippen molar-refractivity contribution in [3.8, 4) is 10.8 Å². The van der Waals surface area contributed by atoms with Crippen LogP contribution >= 0.6 is 34.3 Å². The first-order valence-electron chi connectivity index (χ1n) is 4.23. The second kappa shape index (κ2) is 3.59. The highest BCUT2D eigenvalue weighted by Gasteiger charge is 2.11. The van der Waals surface area contributed by atoms with Gasteiger partial charge < -0.3 is 4.52 Å². The molecule has 3 nitrogen and oxygen atoms in total. The van der Waals surface area contributed by atoms with E-state index in [0.29, 0.717) is 11.7 Å². The van der Waals surface area contributed by atoms with Gasteiger partial charge in [-0.05, 0) is 17.5 Å². The smallest absolute Gasteiger partial charge is 0.268 e. The number of fused-ring (bicyclic) bond motifs is 1. The van der Waals surface area contributed by atoms with Crippen LogP contribution < -0.4 is 0 Å². The minimum absolute atomic E-state index is 0.281. The molecule has 0 amide bonds. The van der Waals surface area contributed by atoms with Gasteiger partial charge in [0.1, 0.15) is 0 Å². The fourth-order valence-corrected chi connectivity index (χ4v) is 3.42. The van der Waals surface area contributed by atoms with Crippen molar-refractivity contribution in [3.63, 3.8) is 0 Å². The van der Waals surface area contributed by atoms with Crippen molar-refractivity contribution in [1.29, 1.82) is 0 Å². The third kappa shape index (κ3) is 1.56. The highest BCUT2D eigenvalue weighted by atomic mass is 35.5. The number of aromatic nitrogens is 2. The van der Waals surface area contributed by atoms with Gasteiger partial charge in [0, 0.05) is 9.40 Å². The normalized spacial score (nSPS) is 11.3. The molecule has 0 bridgehead atoms. The summed E-state index contributed by atoms with van der Waals surface area (Å²) in [5.41, 5.74) is 0. The Hall–Kier alpha value is -0.910. The predicted octanol–water partition coefficient (Wildman–Crippen LogP) is 3.75. The molecule has 0 N–H and O–H groups in total. The van der Waals surface area contributed by atoms with Crippen LogP contribution in [0.3, 0.4) is 0 Å². The average molecular weight is 257 g/mol. The molecule has 0 unspecified atom stereocenters. The van der Waals surface area contributed by atoms with Crippen molar-refractivity contribution in [2.24, 2.45) is 0 Å². The molecule has 0 saturated heterocycles. The summed E-state index contributed by atoms with van der Waals surface area (Å²) in [6.45, 7) is 0. The molecule has 0 saturated carbocycles. The fourth-order valence-electron chi connectivity index (χ4n) is 1.28. The number of hydrogen-bond donors (Lipinski definition) is 0. The Morgan fingerprint density at radius 3 is 3.07 bits per heavy atom. The molecule has 6 heteroatoms. The van der Waals surface area contributed by atoms with Crippen molar-refractivity contribution < 1.29 is 4.52 Å². The summed E-state index contributed by atoms with van der Waals surface area (Å²) in [6.07, 6.45) is 0. The molecule has 3 rings (SSSR count). The number of thiophene rings is 2. The Balaban J connectivity index is 2.09. The monoisotopic (exact) mass is 256 g/mol. The Bertz CT molecular complexity index is 569. The van der Waals surface area contributed by atoms with Gasteiger partial charge in [0.2, 0.25) is 0 Å². The molecule has 0 atom stereocenters. The summed E-state index contributed by atoms with van der Waals surface area (Å²) < 4.78 is 7.61. The molecular formula is C9H5ClN2OS2. The summed E-state index contributed by atoms with van der Waals surface area (Å²) in [6, 6.07) is 4.16. The van der Waals surface area contributed by atoms with E-state index in [1.807, 2.05) is 0 Å². The standard InChI is InChI=1S/C9H5ClN2OS2/c10-4-8-11-9(13-12-8)7-3-6-5(15-7)1-2-14-6/h1-3H,4H2. The van der Waals surface area contributed by atoms with E-state index in [-0.39, 0.29) is 5.88 Å². The molecule has 0 aliphatic heterocycles. The first-order chi connectivity index (χ1) is 7.36. The molecule has 3 aromatic heterocycles. The van der Waals surface area contributed by atoms with E-state index in [1.54, 1.807) is 22.7 Å². The lowest BCUT2D eigenvalue weighted by atomic mass is 10.4. The van der Waals surface area contributed by atoms with Crippen molar-refractivity contribution >= 4 is 43.7 Å². The Morgan fingerprint density at radius 2 is 2.33 bits per heavy atom. The quantitative estimate of drug-likeness (QED) is 0.656. The van der Waals surface area contributed by atoms with Crippen molar-refractivity contribution in [2.75, 3.05) is 0 Å². The summed E-state index contributed by atoms with van der Waals surface area (Å²) >= 11 is 8.97. The maximum Gasteiger partial charge on any atom is 0.268 e. The van der Waals surface area contributed by atoms with Gasteiger partial charge in [-0.15, -0.1) is 34.3 Å². The lowest BCUT2D eigenvalue weighted by Crippen LogP contribution is -1.78. The van der Waals surface area contributed by atoms with Gasteiger partial charge in [0.25, 0.3) is 5.89 Å². The van der Waals surface area contributed by atoms with Crippen LogP contribution in [0.15, 0.2) is 22.0 Å². The maximum absolute atomic E-state index is 5.61. The first-order valence-corrected chi connectivity index (χ1v) is 6.46. The Labute approximate surface area is 98.3 Å². The number of rotatable bonds is 2. The molecule has 76 valence electrons. The van der Waals surface area contributed by atoms with Crippen LogP contribution in [0.5, 0.6) is 0 Å². The summed E-state index contributed by atoms with van der Waals surface area (Å²) in [5, 5.41) is 5.83. The van der Waals surface area contributed by atoms with Gasteiger partial charge in [0.15, 0.2) is 5.82 Å². The Morgan fingerprint density at radius 1 is 1.40 bits per heavy atom. The number of halogens is 1. The molecule has 3 aromatic rings. The van der Waals surface area contributed by atoms with Gasteiger partial charge in [-0.25, -0.2) is 0 Å². The van der Waals surface area contributed by atoms with Crippen molar-refractivity contribution in [1.82, 2.24) is 10.1 Å². The van der Waals surface area contributed by atoms with Crippen LogP contribution in [-0.2, 0) is 5.88 Å². The first kappa shape index (κ1) is 9.33. The van der Waals surface area contributed by atoms with Gasteiger partial charge in [-0.1, -0.05) is 5.16 Å². The zero-order valence-electron chi connectivity index (χ0n) is 7.44. The summed E-state index contributed by atoms with van der Waals surface area (Å²) in [7, 11) is 0. The van der Waals surface area contributed by atoms with Gasteiger partial charge in [0.05, 0.1) is 10.8 Å². The van der Waals surface area contributed by atoms with Gasteiger partial charge in [-0.3, -0.25) is 0 Å². The minimum Gasteiger partial charge on any atom is -0.333 e. The van der Waals surface area contributed by atoms with E-state index >= 15 is 0 Å². The number of hydrogen-bond acceptors (Lipinski definition) is 5. The average Bonchev–Trinajstić information content (AvgIpc) is 2.91. The van der Waals surface area contributed by atoms with E-state index < -0.39 is 0 Å². The van der Waals surface area contributed by atoms with Crippen LogP contribution in [0.25, 0.3) is 20.2 Å². The molecule has 0 radical (unpaired) electrons. The lowest BCUT2D eigenvalue weighted by molar-refractivity contribution is 0.426. The van der Waals surface area contributed by atoms with E-state index in [1.165, 1.54) is 9.40 Å². The highest BCUT2D eigenvalue weighted by Crippen LogP contribution is 2.35. The molecule has 0 aliphatic rings. The molecule has 0 aromatic carbocycles. The van der Waals surface area contributed by atoms with Crippen LogP contribution in [0, 0.1) is 0 Å². The van der Waals surface area contributed by atoms with Crippen molar-refractivity contribution in [3.05, 3.63) is 23.3 Å². The van der Waals surface area contributed by atoms with Crippen molar-refractivity contribution in [2.45, 2.75) is 5.88 Å². The molecule has 15 heavy (non-hydrogen) atoms. The summed E-state index contributed by atoms with van der Waals surface area (Å²) in [5.74, 6) is 1.37. The maximum atomic E-state index is 5.61. The Kier molecular flexibility index (Phi) is 2.23. The van der Waals surface area contributed by atoms with Crippen LogP contribution in [0.2, 0.25) is 0 Å². The second-order valence-corrected chi connectivity index (χ2v) is 5.21. The van der Waals surface area contributed by atoms with Crippen LogP contribution in [0.1, 0.15) is 5.82 Å². The number of alkyl halides is 1. The van der Waals surface area contributed by atoms with Gasteiger partial charge >= 0.3 is 0 Å². The highest BCUT2D eigenvalue weighted by molar-refractivity contribution is 7.28. The third-order valence-corrected chi connectivity index (χ3v) is 4.26. The molecular weight excluding hydrogens is 252 g/mol. The minimum atomic E-state index is 0.281. The van der Waals surface area contributed by atoms with E-state index in [4.69, 9.17) is 16.1 Å². The van der Waals surface area contributed by atoms with E-state index in [9.17, 15) is 0 Å². The molecule has 0 aliphatic carbocycles. The zero-order valence-corrected chi connectivity index (χ0v) is 9.83. The lowest BCUT2D eigenvalue weighted by Gasteiger charge is -1.82. The topological polar surface area (TPSA) is 38.9 Å². The second-order valence-electron chi connectivity index (χ2n) is 2.91.